The highest BCUT2D eigenvalue weighted by atomic mass is 16.7. The Kier molecular flexibility index (Phi) is 4.48. The van der Waals surface area contributed by atoms with E-state index in [0.29, 0.717) is 29.3 Å². The fourth-order valence-corrected chi connectivity index (χ4v) is 3.07. The van der Waals surface area contributed by atoms with Gasteiger partial charge >= 0.3 is 0 Å². The van der Waals surface area contributed by atoms with Crippen molar-refractivity contribution < 1.29 is 19.2 Å². The lowest BCUT2D eigenvalue weighted by atomic mass is 9.94. The molecular weight excluding hydrogens is 364 g/mol. The molecule has 0 saturated heterocycles. The first-order valence-corrected chi connectivity index (χ1v) is 8.67. The minimum absolute atomic E-state index is 0.0182. The standard InChI is InChI=1S/C19H16N4O5/c1-2-20-19(24)15-7-12-8-16-17(28-10-27-16)9-14(12)18(22-21-15)11-3-5-13(6-4-11)23(25)26/h3-6,8-9H,2,7,10H2,1H3,(H,20,24). The fourth-order valence-electron chi connectivity index (χ4n) is 3.07. The van der Waals surface area contributed by atoms with Crippen molar-refractivity contribution in [2.45, 2.75) is 13.3 Å². The van der Waals surface area contributed by atoms with Crippen LogP contribution < -0.4 is 14.8 Å². The molecule has 1 amide bonds. The molecule has 0 bridgehead atoms. The van der Waals surface area contributed by atoms with Gasteiger partial charge < -0.3 is 14.8 Å². The van der Waals surface area contributed by atoms with E-state index in [1.807, 2.05) is 13.0 Å². The molecule has 0 aliphatic carbocycles. The number of ether oxygens (including phenoxy) is 2. The van der Waals surface area contributed by atoms with Crippen LogP contribution in [0.15, 0.2) is 46.6 Å². The molecule has 0 atom stereocenters. The number of hydrogen-bond acceptors (Lipinski definition) is 7. The van der Waals surface area contributed by atoms with Crippen LogP contribution >= 0.6 is 0 Å². The van der Waals surface area contributed by atoms with E-state index < -0.39 is 4.92 Å². The van der Waals surface area contributed by atoms with E-state index in [4.69, 9.17) is 9.47 Å². The summed E-state index contributed by atoms with van der Waals surface area (Å²) in [5, 5.41) is 22.1. The summed E-state index contributed by atoms with van der Waals surface area (Å²) in [7, 11) is 0. The molecule has 0 fully saturated rings. The first-order valence-electron chi connectivity index (χ1n) is 8.67. The minimum Gasteiger partial charge on any atom is -0.454 e. The molecule has 9 heteroatoms. The summed E-state index contributed by atoms with van der Waals surface area (Å²) in [6, 6.07) is 9.65. The molecule has 28 heavy (non-hydrogen) atoms. The van der Waals surface area contributed by atoms with Crippen LogP contribution in [0.1, 0.15) is 23.6 Å². The Balaban J connectivity index is 1.83. The number of rotatable bonds is 4. The number of amides is 1. The Morgan fingerprint density at radius 1 is 1.18 bits per heavy atom. The Labute approximate surface area is 159 Å². The van der Waals surface area contributed by atoms with Crippen molar-refractivity contribution in [3.8, 4) is 11.5 Å². The van der Waals surface area contributed by atoms with Gasteiger partial charge in [-0.1, -0.05) is 0 Å². The Morgan fingerprint density at radius 2 is 1.89 bits per heavy atom. The van der Waals surface area contributed by atoms with E-state index in [-0.39, 0.29) is 30.5 Å². The summed E-state index contributed by atoms with van der Waals surface area (Å²) in [4.78, 5) is 22.8. The van der Waals surface area contributed by atoms with Gasteiger partial charge in [0.2, 0.25) is 6.79 Å². The van der Waals surface area contributed by atoms with Crippen molar-refractivity contribution in [3.63, 3.8) is 0 Å². The highest BCUT2D eigenvalue weighted by Gasteiger charge is 2.25. The lowest BCUT2D eigenvalue weighted by molar-refractivity contribution is -0.384. The number of benzene rings is 2. The molecule has 0 aromatic heterocycles. The van der Waals surface area contributed by atoms with Crippen LogP contribution in [-0.2, 0) is 11.2 Å². The normalized spacial score (nSPS) is 14.5. The Bertz CT molecular complexity index is 1030. The van der Waals surface area contributed by atoms with E-state index in [2.05, 4.69) is 15.5 Å². The van der Waals surface area contributed by atoms with Crippen LogP contribution in [0.5, 0.6) is 11.5 Å². The summed E-state index contributed by atoms with van der Waals surface area (Å²) in [6.07, 6.45) is 0.276. The first-order chi connectivity index (χ1) is 13.6. The highest BCUT2D eigenvalue weighted by molar-refractivity contribution is 6.40. The maximum atomic E-state index is 12.3. The second-order valence-corrected chi connectivity index (χ2v) is 6.20. The molecule has 142 valence electrons. The number of nitrogens with one attached hydrogen (secondary N) is 1. The Morgan fingerprint density at radius 3 is 2.57 bits per heavy atom. The molecule has 9 nitrogen and oxygen atoms in total. The van der Waals surface area contributed by atoms with E-state index in [0.717, 1.165) is 11.1 Å². The van der Waals surface area contributed by atoms with Crippen LogP contribution in [0, 0.1) is 10.1 Å². The van der Waals surface area contributed by atoms with Gasteiger partial charge in [0.25, 0.3) is 11.6 Å². The van der Waals surface area contributed by atoms with Crippen LogP contribution in [0.3, 0.4) is 0 Å². The second-order valence-electron chi connectivity index (χ2n) is 6.20. The van der Waals surface area contributed by atoms with Crippen molar-refractivity contribution in [2.75, 3.05) is 13.3 Å². The van der Waals surface area contributed by atoms with E-state index >= 15 is 0 Å². The monoisotopic (exact) mass is 380 g/mol. The number of nitrogens with zero attached hydrogens (tertiary/aromatic N) is 3. The molecule has 2 heterocycles. The number of nitro benzene ring substituents is 1. The molecular formula is C19H16N4O5. The topological polar surface area (TPSA) is 115 Å². The molecule has 2 aliphatic rings. The molecule has 2 aromatic rings. The zero-order valence-corrected chi connectivity index (χ0v) is 15.0. The van der Waals surface area contributed by atoms with Gasteiger partial charge in [-0.3, -0.25) is 14.9 Å². The van der Waals surface area contributed by atoms with Gasteiger partial charge in [0.15, 0.2) is 11.5 Å². The largest absolute Gasteiger partial charge is 0.454 e. The third kappa shape index (κ3) is 3.18. The van der Waals surface area contributed by atoms with Gasteiger partial charge in [-0.2, -0.15) is 0 Å². The molecule has 1 N–H and O–H groups in total. The molecule has 0 spiro atoms. The zero-order valence-electron chi connectivity index (χ0n) is 15.0. The second kappa shape index (κ2) is 7.10. The van der Waals surface area contributed by atoms with Gasteiger partial charge in [-0.25, -0.2) is 0 Å². The third-order valence-electron chi connectivity index (χ3n) is 4.43. The average molecular weight is 380 g/mol. The fraction of sp³-hybridized carbons (Fsp3) is 0.211. The number of non-ortho nitro benzene ring substituents is 1. The SMILES string of the molecule is CCNC(=O)C1=NN=C(c2ccc([N+](=O)[O-])cc2)c2cc3c(cc2C1)OCO3. The average Bonchev–Trinajstić information content (AvgIpc) is 3.06. The lowest BCUT2D eigenvalue weighted by Crippen LogP contribution is -2.31. The smallest absolute Gasteiger partial charge is 0.269 e. The predicted molar refractivity (Wildman–Crippen MR) is 101 cm³/mol. The molecule has 4 rings (SSSR count). The summed E-state index contributed by atoms with van der Waals surface area (Å²) >= 11 is 0. The van der Waals surface area contributed by atoms with E-state index in [1.54, 1.807) is 18.2 Å². The van der Waals surface area contributed by atoms with Gasteiger partial charge in [-0.05, 0) is 36.8 Å². The summed E-state index contributed by atoms with van der Waals surface area (Å²) in [5.74, 6) is 0.883. The maximum Gasteiger partial charge on any atom is 0.269 e. The molecule has 0 saturated carbocycles. The van der Waals surface area contributed by atoms with Crippen LogP contribution in [0.2, 0.25) is 0 Å². The maximum absolute atomic E-state index is 12.3. The van der Waals surface area contributed by atoms with Gasteiger partial charge in [0.05, 0.1) is 4.92 Å². The Hall–Kier alpha value is -3.75. The quantitative estimate of drug-likeness (QED) is 0.645. The molecule has 0 radical (unpaired) electrons. The van der Waals surface area contributed by atoms with E-state index in [9.17, 15) is 14.9 Å². The summed E-state index contributed by atoms with van der Waals surface area (Å²) < 4.78 is 10.9. The highest BCUT2D eigenvalue weighted by Crippen LogP contribution is 2.36. The minimum atomic E-state index is -0.462. The summed E-state index contributed by atoms with van der Waals surface area (Å²) in [6.45, 7) is 2.43. The first kappa shape index (κ1) is 17.7. The van der Waals surface area contributed by atoms with Crippen molar-refractivity contribution in [3.05, 3.63) is 63.2 Å². The molecule has 2 aliphatic heterocycles. The van der Waals surface area contributed by atoms with Crippen molar-refractivity contribution in [1.29, 1.82) is 0 Å². The zero-order chi connectivity index (χ0) is 19.7. The van der Waals surface area contributed by atoms with Crippen LogP contribution in [0.25, 0.3) is 0 Å². The molecule has 2 aromatic carbocycles. The number of hydrogen-bond donors (Lipinski definition) is 1. The third-order valence-corrected chi connectivity index (χ3v) is 4.43. The van der Waals surface area contributed by atoms with Crippen molar-refractivity contribution in [1.82, 2.24) is 5.32 Å². The number of carbonyl (C=O) groups is 1. The number of nitro groups is 1. The lowest BCUT2D eigenvalue weighted by Gasteiger charge is -2.11. The summed E-state index contributed by atoms with van der Waals surface area (Å²) in [5.41, 5.74) is 2.95. The predicted octanol–water partition coefficient (Wildman–Crippen LogP) is 2.21. The van der Waals surface area contributed by atoms with Gasteiger partial charge in [0, 0.05) is 36.2 Å². The van der Waals surface area contributed by atoms with Gasteiger partial charge in [0.1, 0.15) is 11.4 Å². The van der Waals surface area contributed by atoms with Crippen LogP contribution in [-0.4, -0.2) is 35.6 Å². The van der Waals surface area contributed by atoms with Crippen molar-refractivity contribution >= 4 is 23.0 Å². The van der Waals surface area contributed by atoms with Gasteiger partial charge in [-0.15, -0.1) is 10.2 Å². The van der Waals surface area contributed by atoms with Crippen LogP contribution in [0.4, 0.5) is 5.69 Å². The number of carbonyl (C=O) groups excluding carboxylic acids is 1. The number of fused-ring (bicyclic) bond motifs is 2. The van der Waals surface area contributed by atoms with Crippen molar-refractivity contribution in [2.24, 2.45) is 10.2 Å². The molecule has 0 unspecified atom stereocenters. The van der Waals surface area contributed by atoms with E-state index in [1.165, 1.54) is 12.1 Å².